The van der Waals surface area contributed by atoms with E-state index in [-0.39, 0.29) is 11.6 Å². The number of aryl methyl sites for hydroxylation is 1. The van der Waals surface area contributed by atoms with Gasteiger partial charge < -0.3 is 5.32 Å². The standard InChI is InChI=1S/C16H19F3N4O3S2/c1-10-2-3-14(27-10)28(25,26)23-6-4-11(5-7-23)12-8-13(22-21-12)15(24)20-9-16(17,18)19/h2-3,8,11H,4-7,9H2,1H3,(H,20,24)(H,21,22). The zero-order valence-corrected chi connectivity index (χ0v) is 16.5. The molecule has 28 heavy (non-hydrogen) atoms. The SMILES string of the molecule is Cc1ccc(S(=O)(=O)N2CCC(c3cc(C(=O)NCC(F)(F)F)n[nH]3)CC2)s1. The maximum Gasteiger partial charge on any atom is 0.405 e. The molecular formula is C16H19F3N4O3S2. The van der Waals surface area contributed by atoms with E-state index in [0.29, 0.717) is 35.8 Å². The third-order valence-corrected chi connectivity index (χ3v) is 7.85. The van der Waals surface area contributed by atoms with Crippen molar-refractivity contribution in [1.29, 1.82) is 0 Å². The number of carbonyl (C=O) groups excluding carboxylic acids is 1. The second-order valence-electron chi connectivity index (χ2n) is 6.55. The molecule has 0 unspecified atom stereocenters. The third-order valence-electron chi connectivity index (χ3n) is 4.48. The summed E-state index contributed by atoms with van der Waals surface area (Å²) in [5.41, 5.74) is 0.490. The van der Waals surface area contributed by atoms with Gasteiger partial charge in [-0.3, -0.25) is 9.89 Å². The highest BCUT2D eigenvalue weighted by Crippen LogP contribution is 2.32. The number of halogens is 3. The van der Waals surface area contributed by atoms with Crippen molar-refractivity contribution < 1.29 is 26.4 Å². The van der Waals surface area contributed by atoms with Gasteiger partial charge in [-0.1, -0.05) is 0 Å². The van der Waals surface area contributed by atoms with E-state index in [1.807, 2.05) is 6.92 Å². The number of sulfonamides is 1. The van der Waals surface area contributed by atoms with E-state index < -0.39 is 28.7 Å². The molecule has 2 aromatic heterocycles. The van der Waals surface area contributed by atoms with Crippen LogP contribution in [0, 0.1) is 6.92 Å². The van der Waals surface area contributed by atoms with Crippen LogP contribution < -0.4 is 5.32 Å². The van der Waals surface area contributed by atoms with Crippen molar-refractivity contribution in [3.05, 3.63) is 34.5 Å². The van der Waals surface area contributed by atoms with Crippen LogP contribution in [0.5, 0.6) is 0 Å². The van der Waals surface area contributed by atoms with Crippen LogP contribution >= 0.6 is 11.3 Å². The van der Waals surface area contributed by atoms with Crippen LogP contribution in [0.3, 0.4) is 0 Å². The van der Waals surface area contributed by atoms with Crippen molar-refractivity contribution in [3.63, 3.8) is 0 Å². The topological polar surface area (TPSA) is 95.2 Å². The van der Waals surface area contributed by atoms with Gasteiger partial charge in [0.25, 0.3) is 15.9 Å². The molecule has 0 saturated carbocycles. The fourth-order valence-corrected chi connectivity index (χ4v) is 5.93. The van der Waals surface area contributed by atoms with Gasteiger partial charge in [0.15, 0.2) is 0 Å². The van der Waals surface area contributed by atoms with E-state index in [2.05, 4.69) is 10.2 Å². The number of alkyl halides is 3. The van der Waals surface area contributed by atoms with E-state index >= 15 is 0 Å². The molecule has 0 radical (unpaired) electrons. The molecule has 0 bridgehead atoms. The molecule has 1 fully saturated rings. The van der Waals surface area contributed by atoms with E-state index in [4.69, 9.17) is 0 Å². The van der Waals surface area contributed by atoms with Crippen molar-refractivity contribution in [2.75, 3.05) is 19.6 Å². The van der Waals surface area contributed by atoms with Crippen LogP contribution in [0.1, 0.15) is 39.8 Å². The molecule has 1 amide bonds. The molecule has 7 nitrogen and oxygen atoms in total. The predicted molar refractivity (Wildman–Crippen MR) is 96.8 cm³/mol. The average molecular weight is 436 g/mol. The lowest BCUT2D eigenvalue weighted by Crippen LogP contribution is -2.37. The Balaban J connectivity index is 1.60. The Morgan fingerprint density at radius 1 is 1.36 bits per heavy atom. The van der Waals surface area contributed by atoms with Crippen molar-refractivity contribution >= 4 is 27.3 Å². The molecule has 0 aliphatic carbocycles. The van der Waals surface area contributed by atoms with E-state index in [0.717, 1.165) is 4.88 Å². The summed E-state index contributed by atoms with van der Waals surface area (Å²) in [6, 6.07) is 4.78. The summed E-state index contributed by atoms with van der Waals surface area (Å²) in [5.74, 6) is -0.957. The van der Waals surface area contributed by atoms with Crippen LogP contribution in [0.4, 0.5) is 13.2 Å². The minimum Gasteiger partial charge on any atom is -0.342 e. The first kappa shape index (κ1) is 20.8. The molecule has 154 valence electrons. The maximum atomic E-state index is 12.7. The Hall–Kier alpha value is -1.92. The number of hydrogen-bond donors (Lipinski definition) is 2. The van der Waals surface area contributed by atoms with Gasteiger partial charge in [0, 0.05) is 29.6 Å². The number of rotatable bonds is 5. The van der Waals surface area contributed by atoms with Gasteiger partial charge in [-0.2, -0.15) is 22.6 Å². The summed E-state index contributed by atoms with van der Waals surface area (Å²) in [6.45, 7) is 1.06. The van der Waals surface area contributed by atoms with Gasteiger partial charge in [0.05, 0.1) is 0 Å². The number of H-pyrrole nitrogens is 1. The summed E-state index contributed by atoms with van der Waals surface area (Å²) in [7, 11) is -3.52. The molecule has 1 aliphatic rings. The Kier molecular flexibility index (Phi) is 5.82. The molecule has 12 heteroatoms. The van der Waals surface area contributed by atoms with Crippen molar-refractivity contribution in [2.24, 2.45) is 0 Å². The lowest BCUT2D eigenvalue weighted by molar-refractivity contribution is -0.123. The van der Waals surface area contributed by atoms with Gasteiger partial charge in [-0.05, 0) is 38.0 Å². The highest BCUT2D eigenvalue weighted by Gasteiger charge is 2.32. The van der Waals surface area contributed by atoms with Crippen LogP contribution in [-0.4, -0.2) is 54.6 Å². The van der Waals surface area contributed by atoms with Crippen molar-refractivity contribution in [2.45, 2.75) is 36.1 Å². The number of hydrogen-bond acceptors (Lipinski definition) is 5. The van der Waals surface area contributed by atoms with Gasteiger partial charge in [0.2, 0.25) is 0 Å². The Morgan fingerprint density at radius 2 is 2.04 bits per heavy atom. The number of nitrogens with one attached hydrogen (secondary N) is 2. The fraction of sp³-hybridized carbons (Fsp3) is 0.500. The first-order valence-corrected chi connectivity index (χ1v) is 10.8. The number of thiophene rings is 1. The Morgan fingerprint density at radius 3 is 2.61 bits per heavy atom. The zero-order chi connectivity index (χ0) is 20.5. The monoisotopic (exact) mass is 436 g/mol. The van der Waals surface area contributed by atoms with E-state index in [9.17, 15) is 26.4 Å². The van der Waals surface area contributed by atoms with Crippen molar-refractivity contribution in [1.82, 2.24) is 19.8 Å². The normalized spacial score (nSPS) is 17.0. The van der Waals surface area contributed by atoms with Crippen LogP contribution in [-0.2, 0) is 10.0 Å². The molecule has 2 N–H and O–H groups in total. The molecule has 2 aromatic rings. The summed E-state index contributed by atoms with van der Waals surface area (Å²) < 4.78 is 63.6. The molecule has 1 saturated heterocycles. The van der Waals surface area contributed by atoms with Crippen LogP contribution in [0.15, 0.2) is 22.4 Å². The summed E-state index contributed by atoms with van der Waals surface area (Å²) in [4.78, 5) is 12.7. The minimum atomic E-state index is -4.49. The Labute approximate surface area is 164 Å². The van der Waals surface area contributed by atoms with Gasteiger partial charge in [-0.25, -0.2) is 8.42 Å². The number of nitrogens with zero attached hydrogens (tertiary/aromatic N) is 2. The van der Waals surface area contributed by atoms with Crippen molar-refractivity contribution in [3.8, 4) is 0 Å². The van der Waals surface area contributed by atoms with Crippen LogP contribution in [0.25, 0.3) is 0 Å². The van der Waals surface area contributed by atoms with Gasteiger partial charge in [0.1, 0.15) is 16.4 Å². The third kappa shape index (κ3) is 4.73. The van der Waals surface area contributed by atoms with Gasteiger partial charge in [-0.15, -0.1) is 11.3 Å². The molecule has 0 spiro atoms. The molecule has 0 aromatic carbocycles. The number of piperidine rings is 1. The lowest BCUT2D eigenvalue weighted by atomic mass is 9.94. The quantitative estimate of drug-likeness (QED) is 0.753. The number of aromatic amines is 1. The number of carbonyl (C=O) groups is 1. The zero-order valence-electron chi connectivity index (χ0n) is 14.9. The number of aromatic nitrogens is 2. The summed E-state index contributed by atoms with van der Waals surface area (Å²) >= 11 is 1.23. The molecule has 3 rings (SSSR count). The summed E-state index contributed by atoms with van der Waals surface area (Å²) in [5, 5.41) is 8.23. The molecule has 1 aliphatic heterocycles. The second-order valence-corrected chi connectivity index (χ2v) is 10.0. The van der Waals surface area contributed by atoms with E-state index in [1.165, 1.54) is 21.7 Å². The first-order valence-electron chi connectivity index (χ1n) is 8.53. The maximum absolute atomic E-state index is 12.7. The summed E-state index contributed by atoms with van der Waals surface area (Å²) in [6.07, 6.45) is -3.45. The lowest BCUT2D eigenvalue weighted by Gasteiger charge is -2.30. The highest BCUT2D eigenvalue weighted by atomic mass is 32.2. The highest BCUT2D eigenvalue weighted by molar-refractivity contribution is 7.91. The number of amides is 1. The predicted octanol–water partition coefficient (Wildman–Crippen LogP) is 2.64. The molecular weight excluding hydrogens is 417 g/mol. The minimum absolute atomic E-state index is 0.0480. The average Bonchev–Trinajstić information content (AvgIpc) is 3.29. The Bertz CT molecular complexity index is 944. The second kappa shape index (κ2) is 7.84. The van der Waals surface area contributed by atoms with Crippen LogP contribution in [0.2, 0.25) is 0 Å². The molecule has 3 heterocycles. The fourth-order valence-electron chi connectivity index (χ4n) is 3.02. The molecule has 0 atom stereocenters. The van der Waals surface area contributed by atoms with Gasteiger partial charge >= 0.3 is 6.18 Å². The smallest absolute Gasteiger partial charge is 0.342 e. The van der Waals surface area contributed by atoms with E-state index in [1.54, 1.807) is 17.4 Å². The largest absolute Gasteiger partial charge is 0.405 e. The first-order chi connectivity index (χ1) is 13.1.